The predicted molar refractivity (Wildman–Crippen MR) is 109 cm³/mol. The molecule has 0 radical (unpaired) electrons. The molecule has 3 aromatic rings. The zero-order valence-corrected chi connectivity index (χ0v) is 18.1. The maximum absolute atomic E-state index is 13.0. The van der Waals surface area contributed by atoms with E-state index in [2.05, 4.69) is 10.4 Å². The van der Waals surface area contributed by atoms with Crippen LogP contribution in [0.5, 0.6) is 0 Å². The van der Waals surface area contributed by atoms with Crippen molar-refractivity contribution in [3.8, 4) is 5.69 Å². The first-order chi connectivity index (χ1) is 15.6. The summed E-state index contributed by atoms with van der Waals surface area (Å²) in [5.74, 6) is -0.840. The molecule has 0 bridgehead atoms. The molecule has 3 N–H and O–H groups in total. The van der Waals surface area contributed by atoms with Gasteiger partial charge in [0.15, 0.2) is 0 Å². The average Bonchev–Trinajstić information content (AvgIpc) is 3.18. The molecule has 0 saturated heterocycles. The first kappa shape index (κ1) is 25.5. The smallest absolute Gasteiger partial charge is 0.326 e. The van der Waals surface area contributed by atoms with Crippen LogP contribution in [0.1, 0.15) is 16.7 Å². The van der Waals surface area contributed by atoms with Gasteiger partial charge in [0.25, 0.3) is 0 Å². The van der Waals surface area contributed by atoms with Gasteiger partial charge in [-0.2, -0.15) is 31.4 Å². The highest BCUT2D eigenvalue weighted by molar-refractivity contribution is 7.89. The summed E-state index contributed by atoms with van der Waals surface area (Å²) in [6.07, 6.45) is -9.00. The largest absolute Gasteiger partial charge is 0.419 e. The molecule has 15 heteroatoms. The van der Waals surface area contributed by atoms with Crippen molar-refractivity contribution in [2.24, 2.45) is 5.14 Å². The van der Waals surface area contributed by atoms with Gasteiger partial charge in [-0.3, -0.25) is 4.79 Å². The molecular weight excluding hydrogens is 514 g/mol. The molecule has 0 atom stereocenters. The van der Waals surface area contributed by atoms with Gasteiger partial charge in [0.05, 0.1) is 34.5 Å². The van der Waals surface area contributed by atoms with Gasteiger partial charge in [0.2, 0.25) is 15.9 Å². The van der Waals surface area contributed by atoms with Crippen LogP contribution in [0.3, 0.4) is 0 Å². The number of nitrogens with one attached hydrogen (secondary N) is 1. The zero-order chi connectivity index (χ0) is 25.5. The number of nitrogens with two attached hydrogens (primary N) is 1. The second-order valence-electron chi connectivity index (χ2n) is 6.90. The van der Waals surface area contributed by atoms with E-state index in [1.165, 1.54) is 6.07 Å². The fourth-order valence-electron chi connectivity index (χ4n) is 2.92. The van der Waals surface area contributed by atoms with Crippen molar-refractivity contribution in [3.05, 3.63) is 70.5 Å². The van der Waals surface area contributed by atoms with Crippen molar-refractivity contribution < 1.29 is 39.6 Å². The number of carbonyl (C=O) groups is 1. The van der Waals surface area contributed by atoms with Crippen molar-refractivity contribution in [2.75, 3.05) is 5.32 Å². The molecule has 34 heavy (non-hydrogen) atoms. The summed E-state index contributed by atoms with van der Waals surface area (Å²) in [7, 11) is -4.49. The molecule has 0 aliphatic carbocycles. The number of alkyl halides is 6. The van der Waals surface area contributed by atoms with Gasteiger partial charge in [0, 0.05) is 11.9 Å². The zero-order valence-electron chi connectivity index (χ0n) is 16.6. The fourth-order valence-corrected chi connectivity index (χ4v) is 3.97. The summed E-state index contributed by atoms with van der Waals surface area (Å²) in [6, 6.07) is 6.13. The van der Waals surface area contributed by atoms with Crippen LogP contribution in [0.2, 0.25) is 5.02 Å². The Balaban J connectivity index is 1.89. The Bertz CT molecular complexity index is 1350. The van der Waals surface area contributed by atoms with E-state index in [9.17, 15) is 39.6 Å². The molecule has 1 amide bonds. The Kier molecular flexibility index (Phi) is 6.70. The van der Waals surface area contributed by atoms with Crippen molar-refractivity contribution in [2.45, 2.75) is 23.7 Å². The summed E-state index contributed by atoms with van der Waals surface area (Å²) in [4.78, 5) is 11.7. The molecule has 7 nitrogen and oxygen atoms in total. The minimum atomic E-state index is -4.73. The number of carbonyl (C=O) groups excluding carboxylic acids is 1. The van der Waals surface area contributed by atoms with E-state index >= 15 is 0 Å². The van der Waals surface area contributed by atoms with Crippen molar-refractivity contribution in [1.29, 1.82) is 0 Å². The van der Waals surface area contributed by atoms with Gasteiger partial charge in [-0.15, -0.1) is 0 Å². The van der Waals surface area contributed by atoms with E-state index in [4.69, 9.17) is 16.7 Å². The molecule has 0 saturated carbocycles. The topological polar surface area (TPSA) is 107 Å². The van der Waals surface area contributed by atoms with Gasteiger partial charge < -0.3 is 5.32 Å². The summed E-state index contributed by atoms with van der Waals surface area (Å²) >= 11 is 5.76. The third kappa shape index (κ3) is 5.69. The van der Waals surface area contributed by atoms with E-state index in [0.717, 1.165) is 30.3 Å². The number of aromatic nitrogens is 2. The third-order valence-electron chi connectivity index (χ3n) is 4.44. The molecular formula is C19H13ClF6N4O3S. The van der Waals surface area contributed by atoms with Gasteiger partial charge >= 0.3 is 12.4 Å². The number of sulfonamides is 1. The molecule has 0 spiro atoms. The lowest BCUT2D eigenvalue weighted by Crippen LogP contribution is -2.18. The van der Waals surface area contributed by atoms with Crippen molar-refractivity contribution in [1.82, 2.24) is 9.78 Å². The molecule has 3 rings (SSSR count). The van der Waals surface area contributed by atoms with E-state index in [0.29, 0.717) is 17.1 Å². The number of rotatable bonds is 5. The van der Waals surface area contributed by atoms with Crippen LogP contribution in [0.15, 0.2) is 53.7 Å². The molecule has 0 aliphatic heterocycles. The highest BCUT2D eigenvalue weighted by atomic mass is 35.5. The molecule has 1 heterocycles. The Morgan fingerprint density at radius 2 is 1.76 bits per heavy atom. The molecule has 0 fully saturated rings. The molecule has 182 valence electrons. The lowest BCUT2D eigenvalue weighted by Gasteiger charge is -2.13. The number of primary sulfonamides is 1. The summed E-state index contributed by atoms with van der Waals surface area (Å²) in [5, 5.41) is 10.3. The first-order valence-corrected chi connectivity index (χ1v) is 10.9. The van der Waals surface area contributed by atoms with Gasteiger partial charge in [-0.05, 0) is 29.8 Å². The molecule has 0 unspecified atom stereocenters. The minimum absolute atomic E-state index is 0.131. The van der Waals surface area contributed by atoms with Gasteiger partial charge in [0.1, 0.15) is 4.90 Å². The van der Waals surface area contributed by atoms with Crippen molar-refractivity contribution >= 4 is 33.2 Å². The van der Waals surface area contributed by atoms with Gasteiger partial charge in [-0.25, -0.2) is 18.2 Å². The van der Waals surface area contributed by atoms with E-state index < -0.39 is 55.7 Å². The summed E-state index contributed by atoms with van der Waals surface area (Å²) in [5.41, 5.74) is -2.85. The van der Waals surface area contributed by atoms with Crippen molar-refractivity contribution in [3.63, 3.8) is 0 Å². The lowest BCUT2D eigenvalue weighted by molar-refractivity contribution is -0.138. The molecule has 0 aliphatic rings. The first-order valence-electron chi connectivity index (χ1n) is 9.01. The number of anilines is 1. The van der Waals surface area contributed by atoms with E-state index in [1.54, 1.807) is 0 Å². The maximum atomic E-state index is 13.0. The minimum Gasteiger partial charge on any atom is -0.326 e. The number of halogens is 7. The van der Waals surface area contributed by atoms with Crippen LogP contribution in [0.25, 0.3) is 5.69 Å². The van der Waals surface area contributed by atoms with Gasteiger partial charge in [-0.1, -0.05) is 23.7 Å². The Morgan fingerprint density at radius 3 is 2.32 bits per heavy atom. The highest BCUT2D eigenvalue weighted by Gasteiger charge is 2.34. The number of benzene rings is 2. The normalized spacial score (nSPS) is 12.6. The number of amides is 1. The third-order valence-corrected chi connectivity index (χ3v) is 5.83. The van der Waals surface area contributed by atoms with Crippen LogP contribution in [0, 0.1) is 0 Å². The Labute approximate surface area is 193 Å². The number of hydrogen-bond acceptors (Lipinski definition) is 4. The monoisotopic (exact) mass is 526 g/mol. The van der Waals surface area contributed by atoms with Crippen LogP contribution in [-0.2, 0) is 33.6 Å². The summed E-state index contributed by atoms with van der Waals surface area (Å²) in [6.45, 7) is 0. The average molecular weight is 527 g/mol. The standard InChI is InChI=1S/C19H13ClF6N4O3S/c20-17-10(2-1-3-13(17)19(24,25)26)6-16(31)29-12-4-5-14(15(7-12)34(27,32)33)30-9-11(8-28-30)18(21,22)23/h1-5,7-9H,6H2,(H,29,31)(H2,27,32,33). The van der Waals surface area contributed by atoms with Crippen LogP contribution in [0.4, 0.5) is 32.0 Å². The maximum Gasteiger partial charge on any atom is 0.419 e. The Morgan fingerprint density at radius 1 is 1.09 bits per heavy atom. The van der Waals surface area contributed by atoms with Crippen LogP contribution < -0.4 is 10.5 Å². The second-order valence-corrected chi connectivity index (χ2v) is 8.81. The lowest BCUT2D eigenvalue weighted by atomic mass is 10.1. The second kappa shape index (κ2) is 8.92. The summed E-state index contributed by atoms with van der Waals surface area (Å²) < 4.78 is 102. The Hall–Kier alpha value is -3.10. The SMILES string of the molecule is NS(=O)(=O)c1cc(NC(=O)Cc2cccc(C(F)(F)F)c2Cl)ccc1-n1cc(C(F)(F)F)cn1. The predicted octanol–water partition coefficient (Wildman–Crippen LogP) is 4.39. The number of nitrogens with zero attached hydrogens (tertiary/aromatic N) is 2. The van der Waals surface area contributed by atoms with E-state index in [1.807, 2.05) is 0 Å². The molecule has 1 aromatic heterocycles. The fraction of sp³-hybridized carbons (Fsp3) is 0.158. The van der Waals surface area contributed by atoms with E-state index in [-0.39, 0.29) is 16.9 Å². The highest BCUT2D eigenvalue weighted by Crippen LogP contribution is 2.36. The molecule has 2 aromatic carbocycles. The van der Waals surface area contributed by atoms with Crippen LogP contribution in [-0.4, -0.2) is 24.1 Å². The number of hydrogen-bond donors (Lipinski definition) is 2. The quantitative estimate of drug-likeness (QED) is 0.481. The van der Waals surface area contributed by atoms with Crippen LogP contribution >= 0.6 is 11.6 Å².